The first kappa shape index (κ1) is 17.3. The number of pyridine rings is 2. The Bertz CT molecular complexity index is 978. The Labute approximate surface area is 153 Å². The van der Waals surface area contributed by atoms with Gasteiger partial charge >= 0.3 is 0 Å². The van der Waals surface area contributed by atoms with Gasteiger partial charge in [0.2, 0.25) is 5.88 Å². The van der Waals surface area contributed by atoms with Crippen LogP contribution in [-0.4, -0.2) is 27.4 Å². The van der Waals surface area contributed by atoms with Gasteiger partial charge in [-0.1, -0.05) is 0 Å². The van der Waals surface area contributed by atoms with E-state index in [1.807, 2.05) is 6.07 Å². The lowest BCUT2D eigenvalue weighted by Gasteiger charge is -2.08. The van der Waals surface area contributed by atoms with Gasteiger partial charge in [-0.15, -0.1) is 0 Å². The first-order chi connectivity index (χ1) is 12.6. The van der Waals surface area contributed by atoms with E-state index in [1.165, 1.54) is 19.5 Å². The molecule has 0 fully saturated rings. The maximum absolute atomic E-state index is 12.7. The molecule has 3 rings (SSSR count). The Morgan fingerprint density at radius 2 is 2.15 bits per heavy atom. The molecule has 0 spiro atoms. The van der Waals surface area contributed by atoms with Gasteiger partial charge in [0.15, 0.2) is 0 Å². The third-order valence-electron chi connectivity index (χ3n) is 3.42. The maximum Gasteiger partial charge on any atom is 0.260 e. The second-order valence-electron chi connectivity index (χ2n) is 5.18. The van der Waals surface area contributed by atoms with Gasteiger partial charge in [0.1, 0.15) is 10.8 Å². The van der Waals surface area contributed by atoms with Crippen molar-refractivity contribution in [1.82, 2.24) is 14.3 Å². The predicted octanol–water partition coefficient (Wildman–Crippen LogP) is 3.12. The number of carbonyl (C=O) groups excluding carboxylic acids is 1. The third-order valence-corrected chi connectivity index (χ3v) is 4.28. The number of aromatic nitrogens is 3. The molecule has 1 amide bonds. The van der Waals surface area contributed by atoms with E-state index >= 15 is 0 Å². The van der Waals surface area contributed by atoms with Crippen LogP contribution in [0, 0.1) is 18.3 Å². The van der Waals surface area contributed by atoms with Crippen molar-refractivity contribution in [2.75, 3.05) is 17.7 Å². The molecule has 0 aliphatic rings. The molecule has 0 aliphatic carbocycles. The van der Waals surface area contributed by atoms with Gasteiger partial charge in [-0.3, -0.25) is 4.79 Å². The van der Waals surface area contributed by atoms with Crippen molar-refractivity contribution in [1.29, 1.82) is 5.26 Å². The highest BCUT2D eigenvalue weighted by atomic mass is 32.1. The zero-order chi connectivity index (χ0) is 18.5. The molecule has 3 aromatic heterocycles. The average molecular weight is 366 g/mol. The van der Waals surface area contributed by atoms with Gasteiger partial charge in [-0.05, 0) is 36.7 Å². The topological polar surface area (TPSA) is 113 Å². The largest absolute Gasteiger partial charge is 0.481 e. The summed E-state index contributed by atoms with van der Waals surface area (Å²) < 4.78 is 9.23. The monoisotopic (exact) mass is 366 g/mol. The molecular formula is C17H14N6O2S. The molecule has 2 N–H and O–H groups in total. The van der Waals surface area contributed by atoms with Crippen molar-refractivity contribution < 1.29 is 9.53 Å². The fraction of sp³-hybridized carbons (Fsp3) is 0.118. The predicted molar refractivity (Wildman–Crippen MR) is 97.8 cm³/mol. The molecule has 26 heavy (non-hydrogen) atoms. The van der Waals surface area contributed by atoms with Crippen LogP contribution in [0.4, 0.5) is 16.5 Å². The number of nitriles is 1. The summed E-state index contributed by atoms with van der Waals surface area (Å²) >= 11 is 1.15. The van der Waals surface area contributed by atoms with E-state index in [2.05, 4.69) is 25.0 Å². The van der Waals surface area contributed by atoms with E-state index in [9.17, 15) is 4.79 Å². The van der Waals surface area contributed by atoms with Gasteiger partial charge in [-0.25, -0.2) is 9.97 Å². The SMILES string of the molecule is COc1ccc(NC(=O)c2c(C)nsc2Nc2cc(C#N)ccn2)cn1. The summed E-state index contributed by atoms with van der Waals surface area (Å²) in [5, 5.41) is 15.4. The minimum Gasteiger partial charge on any atom is -0.481 e. The molecule has 3 aromatic rings. The van der Waals surface area contributed by atoms with Crippen molar-refractivity contribution in [2.24, 2.45) is 0 Å². The lowest BCUT2D eigenvalue weighted by atomic mass is 10.2. The minimum atomic E-state index is -0.317. The first-order valence-electron chi connectivity index (χ1n) is 7.51. The van der Waals surface area contributed by atoms with Crippen LogP contribution in [0.25, 0.3) is 0 Å². The Balaban J connectivity index is 1.82. The summed E-state index contributed by atoms with van der Waals surface area (Å²) in [6, 6.07) is 8.61. The Hall–Kier alpha value is -3.51. The molecular weight excluding hydrogens is 352 g/mol. The van der Waals surface area contributed by atoms with Crippen molar-refractivity contribution in [2.45, 2.75) is 6.92 Å². The van der Waals surface area contributed by atoms with Crippen LogP contribution in [0.3, 0.4) is 0 Å². The molecule has 0 aromatic carbocycles. The van der Waals surface area contributed by atoms with Crippen LogP contribution in [0.1, 0.15) is 21.6 Å². The normalized spacial score (nSPS) is 10.0. The molecule has 0 unspecified atom stereocenters. The molecule has 0 saturated carbocycles. The summed E-state index contributed by atoms with van der Waals surface area (Å²) in [6.45, 7) is 1.75. The summed E-state index contributed by atoms with van der Waals surface area (Å²) in [5.74, 6) is 0.609. The van der Waals surface area contributed by atoms with E-state index in [0.29, 0.717) is 39.2 Å². The van der Waals surface area contributed by atoms with Crippen LogP contribution < -0.4 is 15.4 Å². The highest BCUT2D eigenvalue weighted by molar-refractivity contribution is 7.10. The number of rotatable bonds is 5. The number of aryl methyl sites for hydroxylation is 1. The number of methoxy groups -OCH3 is 1. The van der Waals surface area contributed by atoms with E-state index < -0.39 is 0 Å². The number of anilines is 3. The number of carbonyl (C=O) groups is 1. The van der Waals surface area contributed by atoms with Crippen LogP contribution in [0.5, 0.6) is 5.88 Å². The van der Waals surface area contributed by atoms with Crippen molar-refractivity contribution in [3.8, 4) is 11.9 Å². The zero-order valence-electron chi connectivity index (χ0n) is 14.0. The van der Waals surface area contributed by atoms with Gasteiger partial charge < -0.3 is 15.4 Å². The van der Waals surface area contributed by atoms with Gasteiger partial charge in [0, 0.05) is 12.3 Å². The van der Waals surface area contributed by atoms with E-state index in [0.717, 1.165) is 11.5 Å². The summed E-state index contributed by atoms with van der Waals surface area (Å²) in [7, 11) is 1.52. The summed E-state index contributed by atoms with van der Waals surface area (Å²) in [4.78, 5) is 20.9. The zero-order valence-corrected chi connectivity index (χ0v) is 14.8. The molecule has 9 heteroatoms. The maximum atomic E-state index is 12.7. The molecule has 0 aliphatic heterocycles. The van der Waals surface area contributed by atoms with Gasteiger partial charge in [0.05, 0.1) is 41.9 Å². The highest BCUT2D eigenvalue weighted by Crippen LogP contribution is 2.28. The molecule has 130 valence electrons. The van der Waals surface area contributed by atoms with Crippen molar-refractivity contribution in [3.63, 3.8) is 0 Å². The fourth-order valence-electron chi connectivity index (χ4n) is 2.18. The lowest BCUT2D eigenvalue weighted by molar-refractivity contribution is 0.102. The van der Waals surface area contributed by atoms with Crippen LogP contribution in [0.15, 0.2) is 36.7 Å². The Kier molecular flexibility index (Phi) is 5.05. The molecule has 0 saturated heterocycles. The Morgan fingerprint density at radius 3 is 2.85 bits per heavy atom. The number of amides is 1. The number of ether oxygens (including phenoxy) is 1. The second-order valence-corrected chi connectivity index (χ2v) is 5.96. The van der Waals surface area contributed by atoms with Gasteiger partial charge in [-0.2, -0.15) is 9.64 Å². The molecule has 0 bridgehead atoms. The van der Waals surface area contributed by atoms with Crippen molar-refractivity contribution in [3.05, 3.63) is 53.5 Å². The summed E-state index contributed by atoms with van der Waals surface area (Å²) in [6.07, 6.45) is 3.04. The van der Waals surface area contributed by atoms with Crippen LogP contribution in [0.2, 0.25) is 0 Å². The standard InChI is InChI=1S/C17H14N6O2S/c1-10-15(16(24)21-12-3-4-14(25-2)20-9-12)17(26-23-10)22-13-7-11(8-18)5-6-19-13/h3-7,9H,1-2H3,(H,19,22)(H,21,24). The highest BCUT2D eigenvalue weighted by Gasteiger charge is 2.19. The minimum absolute atomic E-state index is 0.317. The lowest BCUT2D eigenvalue weighted by Crippen LogP contribution is -2.14. The van der Waals surface area contributed by atoms with Crippen LogP contribution >= 0.6 is 11.5 Å². The van der Waals surface area contributed by atoms with Gasteiger partial charge in [0.25, 0.3) is 5.91 Å². The smallest absolute Gasteiger partial charge is 0.260 e. The second kappa shape index (κ2) is 7.58. The average Bonchev–Trinajstić information content (AvgIpc) is 3.02. The van der Waals surface area contributed by atoms with Crippen molar-refractivity contribution >= 4 is 33.9 Å². The van der Waals surface area contributed by atoms with Crippen LogP contribution in [-0.2, 0) is 0 Å². The number of hydrogen-bond donors (Lipinski definition) is 2. The van der Waals surface area contributed by atoms with E-state index in [-0.39, 0.29) is 5.91 Å². The summed E-state index contributed by atoms with van der Waals surface area (Å²) in [5.41, 5.74) is 2.01. The Morgan fingerprint density at radius 1 is 1.31 bits per heavy atom. The third kappa shape index (κ3) is 3.76. The van der Waals surface area contributed by atoms with E-state index in [4.69, 9.17) is 10.00 Å². The fourth-order valence-corrected chi connectivity index (χ4v) is 2.98. The molecule has 3 heterocycles. The number of nitrogens with zero attached hydrogens (tertiary/aromatic N) is 4. The number of hydrogen-bond acceptors (Lipinski definition) is 8. The molecule has 0 radical (unpaired) electrons. The molecule has 8 nitrogen and oxygen atoms in total. The van der Waals surface area contributed by atoms with E-state index in [1.54, 1.807) is 31.2 Å². The quantitative estimate of drug-likeness (QED) is 0.713. The molecule has 0 atom stereocenters. The number of nitrogens with one attached hydrogen (secondary N) is 2. The first-order valence-corrected chi connectivity index (χ1v) is 8.29.